The summed E-state index contributed by atoms with van der Waals surface area (Å²) in [6, 6.07) is 103. The molecule has 0 aliphatic heterocycles. The largest absolute Gasteiger partial charge is 0.457 e. The third-order valence-corrected chi connectivity index (χ3v) is 13.0. The number of aldehydes is 1. The summed E-state index contributed by atoms with van der Waals surface area (Å²) in [5, 5.41) is 35.3. The third kappa shape index (κ3) is 26.0. The summed E-state index contributed by atoms with van der Waals surface area (Å²) < 4.78 is 33.6. The number of aliphatic hydroxyl groups is 2. The SMILES string of the molecule is N#CC(N)c1cccc(Oc2ccccc2)c1.N#CC(O)c1cccc(Oc2ccccc2)c1.NCc1cccc(Oc2ccccc2)c1.O=C(Cl)c1cccc(Oc2ccccc2)c1.O=Cc1cccc(Oc2ccccc2)c1.OCc1cccc(Oc2ccccc2)c1. The minimum absolute atomic E-state index is 0.0337. The molecular formula is C80H67ClN4O10. The molecule has 15 heteroatoms. The number of hydrogen-bond acceptors (Lipinski definition) is 14. The molecule has 0 heterocycles. The molecule has 0 aliphatic carbocycles. The Kier molecular flexibility index (Phi) is 29.5. The maximum absolute atomic E-state index is 11.0. The Bertz CT molecular complexity index is 4110. The fourth-order valence-corrected chi connectivity index (χ4v) is 8.31. The molecule has 6 N–H and O–H groups in total. The number of carbonyl (C=O) groups excluding carboxylic acids is 2. The van der Waals surface area contributed by atoms with Gasteiger partial charge in [0.05, 0.1) is 18.7 Å². The lowest BCUT2D eigenvalue weighted by molar-refractivity contribution is 0.107. The van der Waals surface area contributed by atoms with Crippen LogP contribution in [-0.4, -0.2) is 21.7 Å². The Morgan fingerprint density at radius 2 is 0.695 bits per heavy atom. The van der Waals surface area contributed by atoms with Crippen LogP contribution in [0.25, 0.3) is 0 Å². The highest BCUT2D eigenvalue weighted by atomic mass is 35.5. The second-order valence-electron chi connectivity index (χ2n) is 19.9. The lowest BCUT2D eigenvalue weighted by Crippen LogP contribution is -2.06. The van der Waals surface area contributed by atoms with E-state index >= 15 is 0 Å². The highest BCUT2D eigenvalue weighted by Crippen LogP contribution is 2.28. The number of carbonyl (C=O) groups is 2. The number of halogens is 1. The summed E-state index contributed by atoms with van der Waals surface area (Å²) in [6.07, 6.45) is -0.313. The highest BCUT2D eigenvalue weighted by Gasteiger charge is 2.09. The van der Waals surface area contributed by atoms with Crippen LogP contribution in [0.2, 0.25) is 0 Å². The van der Waals surface area contributed by atoms with E-state index in [2.05, 4.69) is 0 Å². The molecule has 14 nitrogen and oxygen atoms in total. The second-order valence-corrected chi connectivity index (χ2v) is 20.3. The van der Waals surface area contributed by atoms with E-state index in [9.17, 15) is 14.7 Å². The highest BCUT2D eigenvalue weighted by molar-refractivity contribution is 6.67. The van der Waals surface area contributed by atoms with Crippen molar-refractivity contribution < 1.29 is 48.2 Å². The number of rotatable bonds is 18. The first-order chi connectivity index (χ1) is 46.5. The fourth-order valence-electron chi connectivity index (χ4n) is 8.19. The first-order valence-electron chi connectivity index (χ1n) is 29.6. The molecule has 12 aromatic rings. The molecule has 0 amide bonds. The monoisotopic (exact) mass is 1280 g/mol. The van der Waals surface area contributed by atoms with Gasteiger partial charge in [-0.1, -0.05) is 176 Å². The van der Waals surface area contributed by atoms with Crippen molar-refractivity contribution in [3.05, 3.63) is 361 Å². The van der Waals surface area contributed by atoms with Crippen molar-refractivity contribution in [1.82, 2.24) is 0 Å². The summed E-state index contributed by atoms with van der Waals surface area (Å²) in [5.41, 5.74) is 15.4. The number of ether oxygens (including phenoxy) is 6. The molecule has 0 aromatic heterocycles. The zero-order chi connectivity index (χ0) is 67.1. The Morgan fingerprint density at radius 3 is 1.05 bits per heavy atom. The van der Waals surface area contributed by atoms with Gasteiger partial charge >= 0.3 is 0 Å². The first-order valence-corrected chi connectivity index (χ1v) is 30.0. The zero-order valence-electron chi connectivity index (χ0n) is 51.4. The van der Waals surface area contributed by atoms with Gasteiger partial charge in [0.1, 0.15) is 81.3 Å². The van der Waals surface area contributed by atoms with E-state index in [1.165, 1.54) is 0 Å². The van der Waals surface area contributed by atoms with Gasteiger partial charge in [0.15, 0.2) is 6.10 Å². The van der Waals surface area contributed by atoms with E-state index in [1.807, 2.05) is 261 Å². The maximum atomic E-state index is 11.0. The average molecular weight is 1280 g/mol. The van der Waals surface area contributed by atoms with Crippen LogP contribution in [0.5, 0.6) is 69.0 Å². The fraction of sp³-hybridized carbons (Fsp3) is 0.0500. The molecule has 474 valence electrons. The van der Waals surface area contributed by atoms with Crippen LogP contribution in [0.3, 0.4) is 0 Å². The predicted octanol–water partition coefficient (Wildman–Crippen LogP) is 19.1. The van der Waals surface area contributed by atoms with Gasteiger partial charge in [-0.3, -0.25) is 9.59 Å². The number of nitriles is 2. The molecule has 2 atom stereocenters. The van der Waals surface area contributed by atoms with Gasteiger partial charge in [-0.25, -0.2) is 0 Å². The number of aliphatic hydroxyl groups excluding tert-OH is 2. The molecule has 12 aromatic carbocycles. The van der Waals surface area contributed by atoms with Crippen LogP contribution in [-0.2, 0) is 13.2 Å². The number of benzene rings is 12. The second kappa shape index (κ2) is 39.9. The third-order valence-electron chi connectivity index (χ3n) is 12.8. The number of hydrogen-bond donors (Lipinski definition) is 4. The predicted molar refractivity (Wildman–Crippen MR) is 370 cm³/mol. The van der Waals surface area contributed by atoms with Crippen LogP contribution in [0.4, 0.5) is 0 Å². The Balaban J connectivity index is 0.000000161. The molecule has 0 aliphatic rings. The normalized spacial score (nSPS) is 10.4. The molecule has 95 heavy (non-hydrogen) atoms. The summed E-state index contributed by atoms with van der Waals surface area (Å²) >= 11 is 5.38. The van der Waals surface area contributed by atoms with Crippen molar-refractivity contribution in [1.29, 1.82) is 10.5 Å². The molecule has 0 radical (unpaired) electrons. The maximum Gasteiger partial charge on any atom is 0.252 e. The Morgan fingerprint density at radius 1 is 0.389 bits per heavy atom. The molecule has 0 spiro atoms. The van der Waals surface area contributed by atoms with E-state index < -0.39 is 17.4 Å². The van der Waals surface area contributed by atoms with Gasteiger partial charge in [0.25, 0.3) is 5.24 Å². The lowest BCUT2D eigenvalue weighted by Gasteiger charge is -2.08. The Labute approximate surface area is 557 Å². The van der Waals surface area contributed by atoms with Gasteiger partial charge in [-0.05, 0) is 186 Å². The van der Waals surface area contributed by atoms with Crippen molar-refractivity contribution in [2.24, 2.45) is 11.5 Å². The van der Waals surface area contributed by atoms with E-state index in [0.717, 1.165) is 69.0 Å². The lowest BCUT2D eigenvalue weighted by atomic mass is 10.1. The topological polar surface area (TPSA) is 230 Å². The van der Waals surface area contributed by atoms with Crippen LogP contribution in [0, 0.1) is 22.7 Å². The van der Waals surface area contributed by atoms with Crippen LogP contribution < -0.4 is 39.9 Å². The van der Waals surface area contributed by atoms with E-state index in [1.54, 1.807) is 78.9 Å². The van der Waals surface area contributed by atoms with Gasteiger partial charge in [0, 0.05) is 17.7 Å². The minimum atomic E-state index is -1.12. The minimum Gasteiger partial charge on any atom is -0.457 e. The van der Waals surface area contributed by atoms with Crippen molar-refractivity contribution in [2.45, 2.75) is 25.3 Å². The number of para-hydroxylation sites is 6. The van der Waals surface area contributed by atoms with Gasteiger partial charge in [-0.2, -0.15) is 10.5 Å². The van der Waals surface area contributed by atoms with Gasteiger partial charge in [-0.15, -0.1) is 0 Å². The van der Waals surface area contributed by atoms with E-state index in [-0.39, 0.29) is 6.61 Å². The molecule has 12 rings (SSSR count). The van der Waals surface area contributed by atoms with Crippen LogP contribution in [0.15, 0.2) is 328 Å². The van der Waals surface area contributed by atoms with Crippen LogP contribution >= 0.6 is 11.6 Å². The quantitative estimate of drug-likeness (QED) is 0.0356. The summed E-state index contributed by atoms with van der Waals surface area (Å²) in [4.78, 5) is 21.5. The molecule has 0 saturated heterocycles. The van der Waals surface area contributed by atoms with Crippen molar-refractivity contribution in [3.63, 3.8) is 0 Å². The van der Waals surface area contributed by atoms with Crippen molar-refractivity contribution in [3.8, 4) is 81.1 Å². The van der Waals surface area contributed by atoms with E-state index in [4.69, 9.17) is 67.1 Å². The molecular weight excluding hydrogens is 1210 g/mol. The standard InChI is InChI=1S/C14H12N2O.C14H11NO2.C13H9ClO2.C13H13NO.C13H12O2.C13H10O2/c2*15-10-14(16)11-5-4-8-13(9-11)17-12-6-2-1-3-7-12;14-13(15)10-5-4-8-12(9-10)16-11-6-2-1-3-7-11;3*14-10-11-5-4-8-13(9-11)15-12-6-2-1-3-7-12/h1-9,14H,16H2;1-9,14,16H;1-9H;1-9H,10,14H2;1-9,14H,10H2;1-10H. The molecule has 2 unspecified atom stereocenters. The number of nitrogens with zero attached hydrogens (tertiary/aromatic N) is 2. The van der Waals surface area contributed by atoms with Crippen molar-refractivity contribution in [2.75, 3.05) is 0 Å². The van der Waals surface area contributed by atoms with Gasteiger partial charge < -0.3 is 50.1 Å². The summed E-state index contributed by atoms with van der Waals surface area (Å²) in [6.45, 7) is 0.567. The molecule has 0 saturated carbocycles. The summed E-state index contributed by atoms with van der Waals surface area (Å²) in [7, 11) is 0. The Hall–Kier alpha value is -12.1. The smallest absolute Gasteiger partial charge is 0.252 e. The van der Waals surface area contributed by atoms with Crippen LogP contribution in [0.1, 0.15) is 55.1 Å². The van der Waals surface area contributed by atoms with Crippen molar-refractivity contribution >= 4 is 23.1 Å². The zero-order valence-corrected chi connectivity index (χ0v) is 52.2. The van der Waals surface area contributed by atoms with E-state index in [0.29, 0.717) is 46.2 Å². The first kappa shape index (κ1) is 70.3. The molecule has 0 bridgehead atoms. The molecule has 0 fully saturated rings. The summed E-state index contributed by atoms with van der Waals surface area (Å²) in [5.74, 6) is 8.72. The number of nitrogens with two attached hydrogens (primary N) is 2. The average Bonchev–Trinajstić information content (AvgIpc) is 2.10. The van der Waals surface area contributed by atoms with Gasteiger partial charge in [0.2, 0.25) is 0 Å².